The van der Waals surface area contributed by atoms with Crippen LogP contribution in [0, 0.1) is 11.7 Å². The molecule has 0 bridgehead atoms. The summed E-state index contributed by atoms with van der Waals surface area (Å²) in [5, 5.41) is 4.88. The van der Waals surface area contributed by atoms with Gasteiger partial charge in [0.25, 0.3) is 0 Å². The van der Waals surface area contributed by atoms with E-state index in [4.69, 9.17) is 0 Å². The van der Waals surface area contributed by atoms with Crippen LogP contribution in [0.2, 0.25) is 0 Å². The van der Waals surface area contributed by atoms with Gasteiger partial charge in [0.2, 0.25) is 11.8 Å². The number of nitrogens with zero attached hydrogens (tertiary/aromatic N) is 2. The van der Waals surface area contributed by atoms with Crippen LogP contribution in [-0.4, -0.2) is 53.4 Å². The number of carbonyl (C=O) groups excluding carboxylic acids is 2. The number of fused-ring (bicyclic) bond motifs is 3. The Morgan fingerprint density at radius 1 is 1.23 bits per heavy atom. The highest BCUT2D eigenvalue weighted by Crippen LogP contribution is 2.38. The molecule has 1 saturated carbocycles. The number of benzene rings is 1. The third-order valence-corrected chi connectivity index (χ3v) is 6.04. The van der Waals surface area contributed by atoms with E-state index in [1.807, 2.05) is 4.90 Å². The molecule has 0 aromatic heterocycles. The van der Waals surface area contributed by atoms with Gasteiger partial charge in [-0.15, -0.1) is 0 Å². The van der Waals surface area contributed by atoms with Gasteiger partial charge in [-0.1, -0.05) is 12.1 Å². The first kappa shape index (κ1) is 17.4. The third-order valence-electron chi connectivity index (χ3n) is 6.04. The second-order valence-electron chi connectivity index (χ2n) is 7.47. The molecule has 2 aliphatic heterocycles. The summed E-state index contributed by atoms with van der Waals surface area (Å²) in [7, 11) is 1.66. The molecule has 4 rings (SSSR count). The van der Waals surface area contributed by atoms with Crippen molar-refractivity contribution in [2.45, 2.75) is 50.4 Å². The molecular weight excluding hydrogens is 335 g/mol. The molecule has 0 radical (unpaired) electrons. The van der Waals surface area contributed by atoms with Gasteiger partial charge in [0.05, 0.1) is 0 Å². The number of amides is 2. The van der Waals surface area contributed by atoms with Crippen LogP contribution in [0.25, 0.3) is 0 Å². The minimum Gasteiger partial charge on any atom is -0.359 e. The van der Waals surface area contributed by atoms with Gasteiger partial charge in [0.15, 0.2) is 0 Å². The Hall–Kier alpha value is -1.99. The normalized spacial score (nSPS) is 31.5. The van der Waals surface area contributed by atoms with Crippen LogP contribution in [0.15, 0.2) is 24.3 Å². The van der Waals surface area contributed by atoms with Crippen LogP contribution in [0.1, 0.15) is 31.2 Å². The van der Waals surface area contributed by atoms with E-state index < -0.39 is 0 Å². The molecule has 4 unspecified atom stereocenters. The monoisotopic (exact) mass is 360 g/mol. The van der Waals surface area contributed by atoms with E-state index in [0.29, 0.717) is 13.0 Å². The first-order chi connectivity index (χ1) is 12.6. The standard InChI is InChI=1S/C19H25FN4O2/c1-21-18(25)13-4-7-15-17(10-13)23(11-12-2-5-14(20)6-3-12)19(26)16-8-9-22-24(15)16/h2-3,5-6,13,15-17,22H,4,7-11H2,1H3,(H,21,25). The fourth-order valence-corrected chi connectivity index (χ4v) is 4.74. The average Bonchev–Trinajstić information content (AvgIpc) is 3.15. The summed E-state index contributed by atoms with van der Waals surface area (Å²) >= 11 is 0. The molecule has 4 atom stereocenters. The van der Waals surface area contributed by atoms with E-state index in [9.17, 15) is 14.0 Å². The molecule has 26 heavy (non-hydrogen) atoms. The van der Waals surface area contributed by atoms with Gasteiger partial charge in [0.1, 0.15) is 11.9 Å². The molecule has 140 valence electrons. The first-order valence-electron chi connectivity index (χ1n) is 9.37. The second kappa shape index (κ2) is 6.96. The van der Waals surface area contributed by atoms with E-state index in [1.54, 1.807) is 19.2 Å². The molecule has 2 N–H and O–H groups in total. The fourth-order valence-electron chi connectivity index (χ4n) is 4.74. The van der Waals surface area contributed by atoms with Crippen molar-refractivity contribution in [3.8, 4) is 0 Å². The van der Waals surface area contributed by atoms with E-state index in [0.717, 1.165) is 31.4 Å². The SMILES string of the molecule is CNC(=O)C1CCC2C(C1)N(Cc1ccc(F)cc1)C(=O)C1CCNN12. The number of nitrogens with one attached hydrogen (secondary N) is 2. The molecule has 3 fully saturated rings. The molecule has 1 aliphatic carbocycles. The van der Waals surface area contributed by atoms with Crippen molar-refractivity contribution >= 4 is 11.8 Å². The number of rotatable bonds is 3. The van der Waals surface area contributed by atoms with Gasteiger partial charge >= 0.3 is 0 Å². The van der Waals surface area contributed by atoms with Crippen LogP contribution >= 0.6 is 0 Å². The molecule has 3 aliphatic rings. The largest absolute Gasteiger partial charge is 0.359 e. The number of carbonyl (C=O) groups is 2. The molecule has 1 aromatic rings. The van der Waals surface area contributed by atoms with Crippen LogP contribution in [0.3, 0.4) is 0 Å². The highest BCUT2D eigenvalue weighted by Gasteiger charge is 2.51. The summed E-state index contributed by atoms with van der Waals surface area (Å²) in [6.07, 6.45) is 3.20. The smallest absolute Gasteiger partial charge is 0.242 e. The second-order valence-corrected chi connectivity index (χ2v) is 7.47. The number of hydrazine groups is 1. The maximum absolute atomic E-state index is 13.2. The van der Waals surface area contributed by atoms with Crippen molar-refractivity contribution in [2.24, 2.45) is 5.92 Å². The summed E-state index contributed by atoms with van der Waals surface area (Å²) in [5.41, 5.74) is 4.29. The lowest BCUT2D eigenvalue weighted by atomic mass is 9.78. The van der Waals surface area contributed by atoms with Gasteiger partial charge in [0, 0.05) is 38.1 Å². The molecule has 6 nitrogen and oxygen atoms in total. The topological polar surface area (TPSA) is 64.7 Å². The summed E-state index contributed by atoms with van der Waals surface area (Å²) in [6.45, 7) is 1.27. The fraction of sp³-hybridized carbons (Fsp3) is 0.579. The molecule has 7 heteroatoms. The zero-order chi connectivity index (χ0) is 18.3. The summed E-state index contributed by atoms with van der Waals surface area (Å²) in [4.78, 5) is 27.2. The van der Waals surface area contributed by atoms with E-state index in [1.165, 1.54) is 12.1 Å². The van der Waals surface area contributed by atoms with Crippen molar-refractivity contribution in [3.05, 3.63) is 35.6 Å². The lowest BCUT2D eigenvalue weighted by molar-refractivity contribution is -0.157. The van der Waals surface area contributed by atoms with Gasteiger partial charge < -0.3 is 10.2 Å². The van der Waals surface area contributed by atoms with E-state index in [2.05, 4.69) is 15.8 Å². The van der Waals surface area contributed by atoms with Gasteiger partial charge in [-0.2, -0.15) is 0 Å². The Morgan fingerprint density at radius 3 is 2.73 bits per heavy atom. The first-order valence-corrected chi connectivity index (χ1v) is 9.37. The van der Waals surface area contributed by atoms with Crippen molar-refractivity contribution in [3.63, 3.8) is 0 Å². The lowest BCUT2D eigenvalue weighted by Gasteiger charge is -2.51. The zero-order valence-corrected chi connectivity index (χ0v) is 15.0. The highest BCUT2D eigenvalue weighted by atomic mass is 19.1. The molecule has 2 heterocycles. The maximum atomic E-state index is 13.2. The Labute approximate surface area is 152 Å². The Morgan fingerprint density at radius 2 is 2.00 bits per heavy atom. The number of hydrogen-bond acceptors (Lipinski definition) is 4. The van der Waals surface area contributed by atoms with Gasteiger partial charge in [-0.25, -0.2) is 9.40 Å². The third kappa shape index (κ3) is 2.99. The maximum Gasteiger partial charge on any atom is 0.242 e. The van der Waals surface area contributed by atoms with Gasteiger partial charge in [-0.05, 0) is 43.4 Å². The minimum absolute atomic E-state index is 0.00884. The zero-order valence-electron chi connectivity index (χ0n) is 15.0. The summed E-state index contributed by atoms with van der Waals surface area (Å²) < 4.78 is 13.2. The van der Waals surface area contributed by atoms with Crippen LogP contribution < -0.4 is 10.7 Å². The van der Waals surface area contributed by atoms with Crippen molar-refractivity contribution in [1.29, 1.82) is 0 Å². The van der Waals surface area contributed by atoms with Crippen LogP contribution in [0.5, 0.6) is 0 Å². The molecule has 1 aromatic carbocycles. The van der Waals surface area contributed by atoms with E-state index in [-0.39, 0.29) is 41.7 Å². The lowest BCUT2D eigenvalue weighted by Crippen LogP contribution is -2.68. The Bertz CT molecular complexity index is 695. The van der Waals surface area contributed by atoms with Crippen molar-refractivity contribution < 1.29 is 14.0 Å². The molecule has 2 saturated heterocycles. The van der Waals surface area contributed by atoms with Crippen molar-refractivity contribution in [2.75, 3.05) is 13.6 Å². The molecule has 0 spiro atoms. The predicted molar refractivity (Wildman–Crippen MR) is 94.2 cm³/mol. The summed E-state index contributed by atoms with van der Waals surface area (Å²) in [5.74, 6) is -0.184. The van der Waals surface area contributed by atoms with Crippen molar-refractivity contribution in [1.82, 2.24) is 20.7 Å². The average molecular weight is 360 g/mol. The minimum atomic E-state index is -0.278. The number of halogens is 1. The summed E-state index contributed by atoms with van der Waals surface area (Å²) in [6, 6.07) is 6.41. The van der Waals surface area contributed by atoms with E-state index >= 15 is 0 Å². The molecule has 2 amide bonds. The number of hydrogen-bond donors (Lipinski definition) is 2. The Kier molecular flexibility index (Phi) is 4.67. The van der Waals surface area contributed by atoms with Gasteiger partial charge in [-0.3, -0.25) is 15.0 Å². The Balaban J connectivity index is 1.61. The molecular formula is C19H25FN4O2. The quantitative estimate of drug-likeness (QED) is 0.845. The number of piperazine rings is 1. The van der Waals surface area contributed by atoms with Crippen LogP contribution in [-0.2, 0) is 16.1 Å². The van der Waals surface area contributed by atoms with Crippen LogP contribution in [0.4, 0.5) is 4.39 Å². The predicted octanol–water partition coefficient (Wildman–Crippen LogP) is 1.03. The highest BCUT2D eigenvalue weighted by molar-refractivity contribution is 5.84.